The molecule has 0 saturated carbocycles. The minimum absolute atomic E-state index is 0.0464. The average Bonchev–Trinajstić information content (AvgIpc) is 3.46. The fourth-order valence-corrected chi connectivity index (χ4v) is 3.44. The maximum Gasteiger partial charge on any atom is 0.252 e. The Balaban J connectivity index is 1.48. The van der Waals surface area contributed by atoms with Crippen LogP contribution < -0.4 is 10.6 Å². The summed E-state index contributed by atoms with van der Waals surface area (Å²) in [6, 6.07) is 13.8. The molecule has 0 aliphatic rings. The van der Waals surface area contributed by atoms with E-state index < -0.39 is 17.8 Å². The summed E-state index contributed by atoms with van der Waals surface area (Å²) in [6.45, 7) is 0.538. The lowest BCUT2D eigenvalue weighted by Crippen LogP contribution is -2.48. The molecule has 10 heteroatoms. The summed E-state index contributed by atoms with van der Waals surface area (Å²) < 4.78 is 14.7. The third-order valence-electron chi connectivity index (χ3n) is 5.10. The Morgan fingerprint density at radius 3 is 2.73 bits per heavy atom. The fourth-order valence-electron chi connectivity index (χ4n) is 3.44. The van der Waals surface area contributed by atoms with Gasteiger partial charge in [-0.15, -0.1) is 5.10 Å². The van der Waals surface area contributed by atoms with Crippen molar-refractivity contribution in [3.05, 3.63) is 83.8 Å². The van der Waals surface area contributed by atoms with E-state index in [0.29, 0.717) is 6.54 Å². The lowest BCUT2D eigenvalue weighted by Gasteiger charge is -2.18. The van der Waals surface area contributed by atoms with Crippen molar-refractivity contribution in [2.24, 2.45) is 0 Å². The number of rotatable bonds is 8. The van der Waals surface area contributed by atoms with Crippen LogP contribution in [0, 0.1) is 17.1 Å². The number of aromatic nitrogens is 4. The van der Waals surface area contributed by atoms with Crippen LogP contribution in [-0.2, 0) is 17.8 Å². The summed E-state index contributed by atoms with van der Waals surface area (Å²) in [7, 11) is 0. The molecule has 0 fully saturated rings. The number of nitrogens with one attached hydrogen (secondary N) is 3. The topological polar surface area (TPSA) is 128 Å². The minimum atomic E-state index is -0.868. The molecule has 0 radical (unpaired) electrons. The Hall–Kier alpha value is -4.52. The smallest absolute Gasteiger partial charge is 0.252 e. The van der Waals surface area contributed by atoms with Gasteiger partial charge in [0.25, 0.3) is 11.7 Å². The molecule has 4 aromatic rings. The second-order valence-corrected chi connectivity index (χ2v) is 7.33. The molecule has 2 aromatic carbocycles. The molecule has 2 heterocycles. The van der Waals surface area contributed by atoms with Gasteiger partial charge in [0, 0.05) is 35.6 Å². The van der Waals surface area contributed by atoms with Crippen LogP contribution in [0.4, 0.5) is 4.39 Å². The number of amides is 2. The predicted octanol–water partition coefficient (Wildman–Crippen LogP) is 1.93. The predicted molar refractivity (Wildman–Crippen MR) is 117 cm³/mol. The Morgan fingerprint density at radius 2 is 1.97 bits per heavy atom. The number of fused-ring (bicyclic) bond motifs is 1. The van der Waals surface area contributed by atoms with Gasteiger partial charge in [0.15, 0.2) is 0 Å². The first kappa shape index (κ1) is 21.7. The zero-order chi connectivity index (χ0) is 23.2. The normalized spacial score (nSPS) is 11.6. The Kier molecular flexibility index (Phi) is 6.40. The number of carbonyl (C=O) groups excluding carboxylic acids is 2. The van der Waals surface area contributed by atoms with E-state index in [4.69, 9.17) is 5.26 Å². The van der Waals surface area contributed by atoms with E-state index in [-0.39, 0.29) is 30.3 Å². The molecule has 33 heavy (non-hydrogen) atoms. The minimum Gasteiger partial charge on any atom is -0.361 e. The van der Waals surface area contributed by atoms with Gasteiger partial charge in [-0.1, -0.05) is 18.2 Å². The Morgan fingerprint density at radius 1 is 1.18 bits per heavy atom. The van der Waals surface area contributed by atoms with Crippen LogP contribution in [0.3, 0.4) is 0 Å². The zero-order valence-corrected chi connectivity index (χ0v) is 17.5. The molecule has 1 unspecified atom stereocenters. The molecule has 2 amide bonds. The van der Waals surface area contributed by atoms with Crippen LogP contribution in [0.5, 0.6) is 0 Å². The maximum atomic E-state index is 13.2. The second-order valence-electron chi connectivity index (χ2n) is 7.33. The molecular weight excluding hydrogens is 425 g/mol. The number of para-hydroxylation sites is 1. The summed E-state index contributed by atoms with van der Waals surface area (Å²) in [5.74, 6) is -1.27. The Labute approximate surface area is 188 Å². The number of benzene rings is 2. The maximum absolute atomic E-state index is 13.2. The number of nitrogens with zero attached hydrogens (tertiary/aromatic N) is 4. The number of carbonyl (C=O) groups is 2. The lowest BCUT2D eigenvalue weighted by atomic mass is 10.0. The highest BCUT2D eigenvalue weighted by molar-refractivity contribution is 5.97. The van der Waals surface area contributed by atoms with Crippen LogP contribution >= 0.6 is 0 Å². The third-order valence-corrected chi connectivity index (χ3v) is 5.10. The van der Waals surface area contributed by atoms with Crippen molar-refractivity contribution in [2.75, 3.05) is 6.54 Å². The second kappa shape index (κ2) is 9.74. The van der Waals surface area contributed by atoms with E-state index >= 15 is 0 Å². The number of aromatic amines is 1. The fraction of sp³-hybridized carbons (Fsp3) is 0.174. The first-order valence-electron chi connectivity index (χ1n) is 10.2. The van der Waals surface area contributed by atoms with Gasteiger partial charge >= 0.3 is 0 Å². The van der Waals surface area contributed by atoms with Crippen molar-refractivity contribution in [1.29, 1.82) is 5.26 Å². The van der Waals surface area contributed by atoms with Gasteiger partial charge in [-0.05, 0) is 35.9 Å². The van der Waals surface area contributed by atoms with Gasteiger partial charge in [-0.2, -0.15) is 5.26 Å². The quantitative estimate of drug-likeness (QED) is 0.382. The van der Waals surface area contributed by atoms with E-state index in [0.717, 1.165) is 16.5 Å². The monoisotopic (exact) mass is 445 g/mol. The first-order chi connectivity index (χ1) is 16.0. The van der Waals surface area contributed by atoms with Gasteiger partial charge in [-0.25, -0.2) is 14.1 Å². The van der Waals surface area contributed by atoms with E-state index in [1.54, 1.807) is 0 Å². The van der Waals surface area contributed by atoms with Crippen LogP contribution in [0.1, 0.15) is 21.7 Å². The summed E-state index contributed by atoms with van der Waals surface area (Å²) in [5.41, 5.74) is 2.05. The molecule has 0 aliphatic heterocycles. The van der Waals surface area contributed by atoms with Crippen LogP contribution in [0.2, 0.25) is 0 Å². The standard InChI is InChI=1S/C23H20FN7O2/c24-17-7-5-15(6-8-17)22(32)29-20(11-16-13-27-19-4-2-1-3-18(16)19)23(33)26-9-10-31-14-28-21(12-25)30-31/h1-8,13-14,20,27H,9-11H2,(H,26,33)(H,29,32). The van der Waals surface area contributed by atoms with Crippen molar-refractivity contribution in [3.8, 4) is 6.07 Å². The number of halogens is 1. The molecule has 0 bridgehead atoms. The summed E-state index contributed by atoms with van der Waals surface area (Å²) in [6.07, 6.45) is 3.48. The van der Waals surface area contributed by atoms with Crippen molar-refractivity contribution in [3.63, 3.8) is 0 Å². The summed E-state index contributed by atoms with van der Waals surface area (Å²) >= 11 is 0. The molecule has 3 N–H and O–H groups in total. The number of hydrogen-bond acceptors (Lipinski definition) is 5. The van der Waals surface area contributed by atoms with Gasteiger partial charge in [-0.3, -0.25) is 9.59 Å². The number of hydrogen-bond donors (Lipinski definition) is 3. The molecule has 0 saturated heterocycles. The molecule has 9 nitrogen and oxygen atoms in total. The molecule has 1 atom stereocenters. The van der Waals surface area contributed by atoms with Crippen LogP contribution in [-0.4, -0.2) is 44.1 Å². The van der Waals surface area contributed by atoms with Crippen molar-refractivity contribution >= 4 is 22.7 Å². The van der Waals surface area contributed by atoms with E-state index in [1.165, 1.54) is 35.3 Å². The third kappa shape index (κ3) is 5.22. The van der Waals surface area contributed by atoms with Gasteiger partial charge in [0.2, 0.25) is 5.91 Å². The van der Waals surface area contributed by atoms with Gasteiger partial charge in [0.05, 0.1) is 6.54 Å². The number of H-pyrrole nitrogens is 1. The first-order valence-corrected chi connectivity index (χ1v) is 10.2. The zero-order valence-electron chi connectivity index (χ0n) is 17.5. The SMILES string of the molecule is N#Cc1ncn(CCNC(=O)C(Cc2c[nH]c3ccccc23)NC(=O)c2ccc(F)cc2)n1. The van der Waals surface area contributed by atoms with E-state index in [9.17, 15) is 14.0 Å². The van der Waals surface area contributed by atoms with E-state index in [2.05, 4.69) is 25.7 Å². The number of nitriles is 1. The largest absolute Gasteiger partial charge is 0.361 e. The van der Waals surface area contributed by atoms with Gasteiger partial charge < -0.3 is 15.6 Å². The Bertz CT molecular complexity index is 1320. The van der Waals surface area contributed by atoms with Crippen molar-refractivity contribution in [2.45, 2.75) is 19.0 Å². The summed E-state index contributed by atoms with van der Waals surface area (Å²) in [5, 5.41) is 19.3. The lowest BCUT2D eigenvalue weighted by molar-refractivity contribution is -0.123. The molecule has 2 aromatic heterocycles. The van der Waals surface area contributed by atoms with Gasteiger partial charge in [0.1, 0.15) is 24.3 Å². The highest BCUT2D eigenvalue weighted by atomic mass is 19.1. The summed E-state index contributed by atoms with van der Waals surface area (Å²) in [4.78, 5) is 32.7. The molecule has 0 spiro atoms. The molecular formula is C23H20FN7O2. The van der Waals surface area contributed by atoms with Crippen molar-refractivity contribution < 1.29 is 14.0 Å². The highest BCUT2D eigenvalue weighted by Crippen LogP contribution is 2.19. The highest BCUT2D eigenvalue weighted by Gasteiger charge is 2.23. The van der Waals surface area contributed by atoms with Crippen LogP contribution in [0.25, 0.3) is 10.9 Å². The van der Waals surface area contributed by atoms with Crippen LogP contribution in [0.15, 0.2) is 61.1 Å². The molecule has 166 valence electrons. The van der Waals surface area contributed by atoms with E-state index in [1.807, 2.05) is 36.5 Å². The molecule has 0 aliphatic carbocycles. The average molecular weight is 445 g/mol. The van der Waals surface area contributed by atoms with Crippen molar-refractivity contribution in [1.82, 2.24) is 30.4 Å². The molecule has 4 rings (SSSR count).